The van der Waals surface area contributed by atoms with Gasteiger partial charge in [-0.25, -0.2) is 4.79 Å². The molecule has 0 aromatic heterocycles. The second kappa shape index (κ2) is 8.35. The molecule has 0 aromatic carbocycles. The maximum absolute atomic E-state index is 12.5. The number of rotatable bonds is 8. The van der Waals surface area contributed by atoms with E-state index in [0.29, 0.717) is 0 Å². The van der Waals surface area contributed by atoms with Crippen LogP contribution in [-0.4, -0.2) is 43.4 Å². The molecular formula is C17H29NO6. The van der Waals surface area contributed by atoms with E-state index in [1.54, 1.807) is 34.6 Å². The molecule has 7 heteroatoms. The molecule has 0 spiro atoms. The van der Waals surface area contributed by atoms with Gasteiger partial charge in [0.15, 0.2) is 5.41 Å². The van der Waals surface area contributed by atoms with E-state index in [-0.39, 0.29) is 32.1 Å². The molecular weight excluding hydrogens is 314 g/mol. The van der Waals surface area contributed by atoms with Crippen LogP contribution in [0.4, 0.5) is 4.79 Å². The maximum atomic E-state index is 12.5. The Kier molecular flexibility index (Phi) is 7.05. The summed E-state index contributed by atoms with van der Waals surface area (Å²) in [5.74, 6) is -1.25. The summed E-state index contributed by atoms with van der Waals surface area (Å²) >= 11 is 0. The molecule has 138 valence electrons. The van der Waals surface area contributed by atoms with Gasteiger partial charge in [-0.1, -0.05) is 0 Å². The lowest BCUT2D eigenvalue weighted by molar-refractivity contribution is -0.174. The van der Waals surface area contributed by atoms with Crippen molar-refractivity contribution in [1.82, 2.24) is 5.32 Å². The molecule has 0 heterocycles. The highest BCUT2D eigenvalue weighted by Gasteiger charge is 2.58. The predicted octanol–water partition coefficient (Wildman–Crippen LogP) is 2.42. The quantitative estimate of drug-likeness (QED) is 0.413. The number of carbonyl (C=O) groups excluding carboxylic acids is 3. The van der Waals surface area contributed by atoms with Gasteiger partial charge in [0.1, 0.15) is 5.60 Å². The van der Waals surface area contributed by atoms with Crippen molar-refractivity contribution in [1.29, 1.82) is 0 Å². The molecule has 0 atom stereocenters. The van der Waals surface area contributed by atoms with Crippen LogP contribution in [0.5, 0.6) is 0 Å². The molecule has 0 bridgehead atoms. The van der Waals surface area contributed by atoms with Crippen LogP contribution in [0.2, 0.25) is 0 Å². The first-order chi connectivity index (χ1) is 11.2. The van der Waals surface area contributed by atoms with E-state index < -0.39 is 29.0 Å². The molecule has 24 heavy (non-hydrogen) atoms. The van der Waals surface area contributed by atoms with Crippen LogP contribution in [0.15, 0.2) is 0 Å². The van der Waals surface area contributed by atoms with Gasteiger partial charge in [0.05, 0.1) is 13.2 Å². The summed E-state index contributed by atoms with van der Waals surface area (Å²) in [6, 6.07) is 0. The number of alkyl carbamates (subject to hydrolysis) is 1. The van der Waals surface area contributed by atoms with Gasteiger partial charge in [0.25, 0.3) is 0 Å². The molecule has 1 N–H and O–H groups in total. The fourth-order valence-corrected chi connectivity index (χ4v) is 2.60. The summed E-state index contributed by atoms with van der Waals surface area (Å²) in [4.78, 5) is 36.8. The summed E-state index contributed by atoms with van der Waals surface area (Å²) in [6.45, 7) is 9.18. The van der Waals surface area contributed by atoms with Crippen molar-refractivity contribution >= 4 is 18.0 Å². The SMILES string of the molecule is CCOC(=O)C(CCNC(=O)OC(C)(C)C)(C(=O)OCC)C1CC1. The number of carbonyl (C=O) groups is 3. The van der Waals surface area contributed by atoms with Gasteiger partial charge in [-0.15, -0.1) is 0 Å². The molecule has 1 aliphatic carbocycles. The van der Waals surface area contributed by atoms with Gasteiger partial charge in [0, 0.05) is 6.54 Å². The third-order valence-electron chi connectivity index (χ3n) is 3.74. The minimum atomic E-state index is -1.35. The molecule has 1 saturated carbocycles. The van der Waals surface area contributed by atoms with Crippen LogP contribution < -0.4 is 5.32 Å². The summed E-state index contributed by atoms with van der Waals surface area (Å²) in [7, 11) is 0. The largest absolute Gasteiger partial charge is 0.465 e. The smallest absolute Gasteiger partial charge is 0.407 e. The van der Waals surface area contributed by atoms with E-state index in [1.165, 1.54) is 0 Å². The molecule has 0 aromatic rings. The Labute approximate surface area is 143 Å². The normalized spacial score (nSPS) is 14.7. The lowest BCUT2D eigenvalue weighted by atomic mass is 9.79. The van der Waals surface area contributed by atoms with E-state index in [4.69, 9.17) is 14.2 Å². The number of hydrogen-bond acceptors (Lipinski definition) is 6. The van der Waals surface area contributed by atoms with Gasteiger partial charge in [-0.2, -0.15) is 0 Å². The number of hydrogen-bond donors (Lipinski definition) is 1. The average molecular weight is 343 g/mol. The average Bonchev–Trinajstić information content (AvgIpc) is 3.27. The van der Waals surface area contributed by atoms with Crippen LogP contribution in [0.3, 0.4) is 0 Å². The Balaban J connectivity index is 2.80. The molecule has 7 nitrogen and oxygen atoms in total. The van der Waals surface area contributed by atoms with Crippen molar-refractivity contribution in [3.8, 4) is 0 Å². The first kappa shape index (κ1) is 20.3. The van der Waals surface area contributed by atoms with E-state index in [2.05, 4.69) is 5.32 Å². The van der Waals surface area contributed by atoms with E-state index in [0.717, 1.165) is 12.8 Å². The molecule has 1 amide bonds. The zero-order valence-corrected chi connectivity index (χ0v) is 15.3. The van der Waals surface area contributed by atoms with Crippen molar-refractivity contribution in [2.24, 2.45) is 11.3 Å². The highest BCUT2D eigenvalue weighted by molar-refractivity contribution is 6.01. The minimum Gasteiger partial charge on any atom is -0.465 e. The number of nitrogens with one attached hydrogen (secondary N) is 1. The van der Waals surface area contributed by atoms with Crippen LogP contribution in [0.25, 0.3) is 0 Å². The zero-order valence-electron chi connectivity index (χ0n) is 15.3. The molecule has 0 saturated heterocycles. The van der Waals surface area contributed by atoms with Crippen LogP contribution in [0.1, 0.15) is 53.9 Å². The Bertz CT molecular complexity index is 446. The minimum absolute atomic E-state index is 0.101. The predicted molar refractivity (Wildman–Crippen MR) is 87.3 cm³/mol. The Morgan fingerprint density at radius 1 is 1.00 bits per heavy atom. The van der Waals surface area contributed by atoms with Crippen molar-refractivity contribution in [2.45, 2.75) is 59.5 Å². The first-order valence-corrected chi connectivity index (χ1v) is 8.48. The van der Waals surface area contributed by atoms with Crippen molar-refractivity contribution in [3.63, 3.8) is 0 Å². The van der Waals surface area contributed by atoms with Crippen LogP contribution in [-0.2, 0) is 23.8 Å². The topological polar surface area (TPSA) is 90.9 Å². The number of esters is 2. The molecule has 1 rings (SSSR count). The lowest BCUT2D eigenvalue weighted by Crippen LogP contribution is -2.46. The molecule has 0 aliphatic heterocycles. The van der Waals surface area contributed by atoms with E-state index in [1.807, 2.05) is 0 Å². The third kappa shape index (κ3) is 5.39. The third-order valence-corrected chi connectivity index (χ3v) is 3.74. The first-order valence-electron chi connectivity index (χ1n) is 8.48. The zero-order chi connectivity index (χ0) is 18.4. The molecule has 0 unspecified atom stereocenters. The van der Waals surface area contributed by atoms with Crippen molar-refractivity contribution in [2.75, 3.05) is 19.8 Å². The van der Waals surface area contributed by atoms with Crippen LogP contribution >= 0.6 is 0 Å². The second-order valence-corrected chi connectivity index (χ2v) is 6.87. The van der Waals surface area contributed by atoms with E-state index in [9.17, 15) is 14.4 Å². The van der Waals surface area contributed by atoms with Crippen molar-refractivity contribution < 1.29 is 28.6 Å². The van der Waals surface area contributed by atoms with Gasteiger partial charge in [0.2, 0.25) is 0 Å². The van der Waals surface area contributed by atoms with Crippen molar-refractivity contribution in [3.05, 3.63) is 0 Å². The maximum Gasteiger partial charge on any atom is 0.407 e. The van der Waals surface area contributed by atoms with Gasteiger partial charge >= 0.3 is 18.0 Å². The summed E-state index contributed by atoms with van der Waals surface area (Å²) < 4.78 is 15.4. The number of amides is 1. The molecule has 1 aliphatic rings. The van der Waals surface area contributed by atoms with E-state index >= 15 is 0 Å². The monoisotopic (exact) mass is 343 g/mol. The number of ether oxygens (including phenoxy) is 3. The summed E-state index contributed by atoms with van der Waals surface area (Å²) in [5.41, 5.74) is -1.96. The fourth-order valence-electron chi connectivity index (χ4n) is 2.60. The van der Waals surface area contributed by atoms with Gasteiger partial charge in [-0.3, -0.25) is 9.59 Å². The van der Waals surface area contributed by atoms with Crippen LogP contribution in [0, 0.1) is 11.3 Å². The molecule has 1 fully saturated rings. The highest BCUT2D eigenvalue weighted by Crippen LogP contribution is 2.49. The highest BCUT2D eigenvalue weighted by atomic mass is 16.6. The Morgan fingerprint density at radius 2 is 1.50 bits per heavy atom. The Morgan fingerprint density at radius 3 is 1.88 bits per heavy atom. The summed E-state index contributed by atoms with van der Waals surface area (Å²) in [6.07, 6.45) is 1.09. The molecule has 0 radical (unpaired) electrons. The second-order valence-electron chi connectivity index (χ2n) is 6.87. The fraction of sp³-hybridized carbons (Fsp3) is 0.824. The van der Waals surface area contributed by atoms with Gasteiger partial charge < -0.3 is 19.5 Å². The summed E-state index contributed by atoms with van der Waals surface area (Å²) in [5, 5.41) is 2.59. The standard InChI is InChI=1S/C17H29NO6/c1-6-22-13(19)17(12-8-9-12,14(20)23-7-2)10-11-18-15(21)24-16(3,4)5/h12H,6-11H2,1-5H3,(H,18,21). The lowest BCUT2D eigenvalue weighted by Gasteiger charge is -2.29. The Hall–Kier alpha value is -1.79. The van der Waals surface area contributed by atoms with Gasteiger partial charge in [-0.05, 0) is 59.8 Å².